The Morgan fingerprint density at radius 2 is 1.93 bits per heavy atom. The smallest absolute Gasteiger partial charge is 0.235 e. The predicted molar refractivity (Wildman–Crippen MR) is 119 cm³/mol. The molecule has 1 atom stereocenters. The average molecular weight is 393 g/mol. The lowest BCUT2D eigenvalue weighted by Crippen LogP contribution is -2.47. The summed E-state index contributed by atoms with van der Waals surface area (Å²) in [6.07, 6.45) is 5.87. The number of piperazine rings is 1. The predicted octanol–water partition coefficient (Wildman–Crippen LogP) is 3.98. The van der Waals surface area contributed by atoms with Gasteiger partial charge in [0.25, 0.3) is 0 Å². The molecule has 5 nitrogen and oxygen atoms in total. The Morgan fingerprint density at radius 3 is 2.66 bits per heavy atom. The molecule has 1 amide bonds. The fraction of sp³-hybridized carbons (Fsp3) is 0.500. The normalized spacial score (nSPS) is 21.9. The summed E-state index contributed by atoms with van der Waals surface area (Å²) in [4.78, 5) is 22.2. The lowest BCUT2D eigenvalue weighted by molar-refractivity contribution is -0.121. The third kappa shape index (κ3) is 4.01. The van der Waals surface area contributed by atoms with Crippen LogP contribution in [0.1, 0.15) is 43.7 Å². The summed E-state index contributed by atoms with van der Waals surface area (Å²) in [5.74, 6) is 1.27. The van der Waals surface area contributed by atoms with Gasteiger partial charge in [-0.25, -0.2) is 4.98 Å². The molecule has 29 heavy (non-hydrogen) atoms. The Bertz CT molecular complexity index is 845. The van der Waals surface area contributed by atoms with Crippen LogP contribution >= 0.6 is 0 Å². The number of benzene rings is 1. The van der Waals surface area contributed by atoms with E-state index >= 15 is 0 Å². The highest BCUT2D eigenvalue weighted by Crippen LogP contribution is 2.44. The molecule has 2 aliphatic heterocycles. The minimum Gasteiger partial charge on any atom is -0.354 e. The number of amides is 1. The molecule has 1 aromatic heterocycles. The number of pyridine rings is 1. The minimum atomic E-state index is -0.348. The standard InChI is InChI=1S/C24H32N4O/c1-3-24(20-18-19(2)9-10-21(20)26-23(24)29)11-5-7-13-27-14-16-28(17-15-27)22-8-4-6-12-25-22/h4,6,8-10,12,18H,3,5,7,11,13-17H2,1-2H3,(H,26,29). The van der Waals surface area contributed by atoms with Gasteiger partial charge in [0.05, 0.1) is 5.41 Å². The van der Waals surface area contributed by atoms with Crippen LogP contribution in [0.2, 0.25) is 0 Å². The molecule has 2 aliphatic rings. The van der Waals surface area contributed by atoms with Crippen molar-refractivity contribution in [3.63, 3.8) is 0 Å². The lowest BCUT2D eigenvalue weighted by atomic mass is 9.75. The van der Waals surface area contributed by atoms with Gasteiger partial charge in [-0.1, -0.05) is 37.1 Å². The van der Waals surface area contributed by atoms with Crippen molar-refractivity contribution in [1.82, 2.24) is 9.88 Å². The first kappa shape index (κ1) is 19.9. The first-order valence-corrected chi connectivity index (χ1v) is 10.9. The number of carbonyl (C=O) groups is 1. The summed E-state index contributed by atoms with van der Waals surface area (Å²) in [5.41, 5.74) is 3.09. The molecule has 1 fully saturated rings. The number of rotatable bonds is 7. The molecule has 1 unspecified atom stereocenters. The summed E-state index contributed by atoms with van der Waals surface area (Å²) in [6.45, 7) is 9.59. The number of hydrogen-bond acceptors (Lipinski definition) is 4. The molecule has 0 saturated carbocycles. The number of carbonyl (C=O) groups excluding carboxylic acids is 1. The maximum Gasteiger partial charge on any atom is 0.235 e. The SMILES string of the molecule is CCC1(CCCCN2CCN(c3ccccn3)CC2)C(=O)Nc2ccc(C)cc21. The molecule has 0 aliphatic carbocycles. The number of nitrogens with one attached hydrogen (secondary N) is 1. The van der Waals surface area contributed by atoms with Crippen molar-refractivity contribution in [2.45, 2.75) is 44.9 Å². The van der Waals surface area contributed by atoms with Crippen LogP contribution in [0.15, 0.2) is 42.6 Å². The Hall–Kier alpha value is -2.40. The molecular weight excluding hydrogens is 360 g/mol. The van der Waals surface area contributed by atoms with E-state index in [2.05, 4.69) is 64.3 Å². The van der Waals surface area contributed by atoms with E-state index in [1.54, 1.807) is 0 Å². The van der Waals surface area contributed by atoms with Crippen LogP contribution in [0.4, 0.5) is 11.5 Å². The average Bonchev–Trinajstić information content (AvgIpc) is 3.03. The third-order valence-electron chi connectivity index (χ3n) is 6.65. The molecule has 5 heteroatoms. The fourth-order valence-electron chi connectivity index (χ4n) is 4.81. The van der Waals surface area contributed by atoms with Gasteiger partial charge in [0, 0.05) is 38.1 Å². The number of unbranched alkanes of at least 4 members (excludes halogenated alkanes) is 1. The van der Waals surface area contributed by atoms with E-state index in [0.717, 1.165) is 69.9 Å². The molecule has 4 rings (SSSR count). The van der Waals surface area contributed by atoms with Crippen LogP contribution < -0.4 is 10.2 Å². The molecule has 0 spiro atoms. The maximum atomic E-state index is 12.8. The van der Waals surface area contributed by atoms with E-state index in [-0.39, 0.29) is 11.3 Å². The molecule has 1 saturated heterocycles. The van der Waals surface area contributed by atoms with E-state index in [9.17, 15) is 4.79 Å². The zero-order chi connectivity index (χ0) is 20.3. The van der Waals surface area contributed by atoms with Gasteiger partial charge in [-0.05, 0) is 56.5 Å². The Balaban J connectivity index is 1.28. The van der Waals surface area contributed by atoms with Crippen molar-refractivity contribution in [2.75, 3.05) is 42.9 Å². The summed E-state index contributed by atoms with van der Waals surface area (Å²) >= 11 is 0. The van der Waals surface area contributed by atoms with Crippen LogP contribution in [0.25, 0.3) is 0 Å². The van der Waals surface area contributed by atoms with Crippen LogP contribution in [0, 0.1) is 6.92 Å². The second-order valence-corrected chi connectivity index (χ2v) is 8.41. The molecule has 1 aromatic carbocycles. The van der Waals surface area contributed by atoms with Crippen molar-refractivity contribution in [3.8, 4) is 0 Å². The third-order valence-corrected chi connectivity index (χ3v) is 6.65. The van der Waals surface area contributed by atoms with Gasteiger partial charge in [-0.15, -0.1) is 0 Å². The van der Waals surface area contributed by atoms with E-state index in [4.69, 9.17) is 0 Å². The summed E-state index contributed by atoms with van der Waals surface area (Å²) in [5, 5.41) is 3.12. The molecular formula is C24H32N4O. The Morgan fingerprint density at radius 1 is 1.10 bits per heavy atom. The summed E-state index contributed by atoms with van der Waals surface area (Å²) in [7, 11) is 0. The first-order valence-electron chi connectivity index (χ1n) is 10.9. The monoisotopic (exact) mass is 392 g/mol. The number of aryl methyl sites for hydroxylation is 1. The van der Waals surface area contributed by atoms with Crippen molar-refractivity contribution in [1.29, 1.82) is 0 Å². The van der Waals surface area contributed by atoms with Gasteiger partial charge in [0.2, 0.25) is 5.91 Å². The summed E-state index contributed by atoms with van der Waals surface area (Å²) in [6, 6.07) is 12.4. The van der Waals surface area contributed by atoms with Gasteiger partial charge in [-0.3, -0.25) is 9.69 Å². The number of fused-ring (bicyclic) bond motifs is 1. The van der Waals surface area contributed by atoms with Gasteiger partial charge in [0.15, 0.2) is 0 Å². The van der Waals surface area contributed by atoms with Crippen LogP contribution in [0.5, 0.6) is 0 Å². The maximum absolute atomic E-state index is 12.8. The second kappa shape index (κ2) is 8.54. The highest BCUT2D eigenvalue weighted by molar-refractivity contribution is 6.06. The zero-order valence-electron chi connectivity index (χ0n) is 17.7. The van der Waals surface area contributed by atoms with Gasteiger partial charge in [-0.2, -0.15) is 0 Å². The number of nitrogens with zero attached hydrogens (tertiary/aromatic N) is 3. The Kier molecular flexibility index (Phi) is 5.86. The van der Waals surface area contributed by atoms with Crippen LogP contribution in [-0.4, -0.2) is 48.5 Å². The largest absolute Gasteiger partial charge is 0.354 e. The van der Waals surface area contributed by atoms with E-state index < -0.39 is 0 Å². The minimum absolute atomic E-state index is 0.185. The molecule has 3 heterocycles. The second-order valence-electron chi connectivity index (χ2n) is 8.41. The molecule has 0 radical (unpaired) electrons. The quantitative estimate of drug-likeness (QED) is 0.724. The molecule has 0 bridgehead atoms. The van der Waals surface area contributed by atoms with Crippen molar-refractivity contribution < 1.29 is 4.79 Å². The van der Waals surface area contributed by atoms with Crippen LogP contribution in [0.3, 0.4) is 0 Å². The molecule has 154 valence electrons. The molecule has 1 N–H and O–H groups in total. The fourth-order valence-corrected chi connectivity index (χ4v) is 4.81. The zero-order valence-corrected chi connectivity index (χ0v) is 17.7. The van der Waals surface area contributed by atoms with E-state index in [1.165, 1.54) is 11.1 Å². The number of hydrogen-bond donors (Lipinski definition) is 1. The van der Waals surface area contributed by atoms with Crippen molar-refractivity contribution in [3.05, 3.63) is 53.7 Å². The van der Waals surface area contributed by atoms with Gasteiger partial charge in [0.1, 0.15) is 5.82 Å². The number of aromatic nitrogens is 1. The first-order chi connectivity index (χ1) is 14.1. The van der Waals surface area contributed by atoms with Gasteiger partial charge < -0.3 is 10.2 Å². The summed E-state index contributed by atoms with van der Waals surface area (Å²) < 4.78 is 0. The lowest BCUT2D eigenvalue weighted by Gasteiger charge is -2.35. The highest BCUT2D eigenvalue weighted by Gasteiger charge is 2.44. The van der Waals surface area contributed by atoms with E-state index in [1.807, 2.05) is 12.3 Å². The van der Waals surface area contributed by atoms with E-state index in [0.29, 0.717) is 0 Å². The topological polar surface area (TPSA) is 48.5 Å². The molecule has 2 aromatic rings. The van der Waals surface area contributed by atoms with Crippen LogP contribution in [-0.2, 0) is 10.2 Å². The highest BCUT2D eigenvalue weighted by atomic mass is 16.2. The van der Waals surface area contributed by atoms with Crippen molar-refractivity contribution >= 4 is 17.4 Å². The number of anilines is 2. The van der Waals surface area contributed by atoms with Gasteiger partial charge >= 0.3 is 0 Å². The van der Waals surface area contributed by atoms with Crippen molar-refractivity contribution in [2.24, 2.45) is 0 Å². The Labute approximate surface area is 174 Å².